The Morgan fingerprint density at radius 2 is 2.00 bits per heavy atom. The molecule has 2 heterocycles. The van der Waals surface area contributed by atoms with E-state index >= 15 is 0 Å². The molecule has 156 valence electrons. The standard InChI is InChI=1S/C19H23BrN5O3.ClH/c1-4-14(5-2)28-17-6-7-18-24(23-19(21)25(18)22-17)11-16(26)12-8-13(20)10-15(9-12)27-3;/h6-10,14H,4-5,11H2,1-3H3,(H2,21,23);1H/q+1;/p-1. The molecule has 3 rings (SSSR count). The van der Waals surface area contributed by atoms with Crippen LogP contribution in [0, 0.1) is 0 Å². The first kappa shape index (κ1) is 22.9. The van der Waals surface area contributed by atoms with Crippen LogP contribution in [0.4, 0.5) is 5.95 Å². The molecule has 0 radical (unpaired) electrons. The number of anilines is 1. The molecule has 0 aliphatic carbocycles. The summed E-state index contributed by atoms with van der Waals surface area (Å²) in [7, 11) is 1.56. The van der Waals surface area contributed by atoms with E-state index in [1.807, 2.05) is 0 Å². The zero-order chi connectivity index (χ0) is 20.3. The molecule has 1 aromatic carbocycles. The maximum atomic E-state index is 12.7. The van der Waals surface area contributed by atoms with Crippen molar-refractivity contribution in [3.05, 3.63) is 40.4 Å². The monoisotopic (exact) mass is 483 g/mol. The molecule has 0 unspecified atom stereocenters. The molecular weight excluding hydrogens is 462 g/mol. The topological polar surface area (TPSA) is 95.6 Å². The second-order valence-electron chi connectivity index (χ2n) is 6.32. The van der Waals surface area contributed by atoms with E-state index in [0.717, 1.165) is 17.3 Å². The molecule has 0 atom stereocenters. The summed E-state index contributed by atoms with van der Waals surface area (Å²) in [5, 5.41) is 8.66. The fourth-order valence-electron chi connectivity index (χ4n) is 2.85. The Kier molecular flexibility index (Phi) is 7.80. The number of aromatic nitrogens is 4. The Labute approximate surface area is 183 Å². The Morgan fingerprint density at radius 3 is 2.66 bits per heavy atom. The average Bonchev–Trinajstić information content (AvgIpc) is 3.00. The van der Waals surface area contributed by atoms with E-state index < -0.39 is 0 Å². The lowest BCUT2D eigenvalue weighted by molar-refractivity contribution is -0.714. The molecule has 29 heavy (non-hydrogen) atoms. The van der Waals surface area contributed by atoms with Crippen molar-refractivity contribution >= 4 is 33.3 Å². The van der Waals surface area contributed by atoms with Gasteiger partial charge >= 0.3 is 11.6 Å². The van der Waals surface area contributed by atoms with E-state index in [9.17, 15) is 4.79 Å². The number of benzene rings is 1. The Morgan fingerprint density at radius 1 is 1.28 bits per heavy atom. The van der Waals surface area contributed by atoms with Crippen LogP contribution in [0.5, 0.6) is 11.6 Å². The van der Waals surface area contributed by atoms with Crippen molar-refractivity contribution in [1.82, 2.24) is 14.7 Å². The van der Waals surface area contributed by atoms with Gasteiger partial charge < -0.3 is 27.6 Å². The summed E-state index contributed by atoms with van der Waals surface area (Å²) < 4.78 is 14.9. The van der Waals surface area contributed by atoms with Crippen LogP contribution < -0.4 is 32.3 Å². The summed E-state index contributed by atoms with van der Waals surface area (Å²) in [5.74, 6) is 1.13. The molecule has 0 bridgehead atoms. The molecule has 0 aliphatic heterocycles. The fourth-order valence-corrected chi connectivity index (χ4v) is 3.33. The van der Waals surface area contributed by atoms with Gasteiger partial charge in [0.15, 0.2) is 6.54 Å². The van der Waals surface area contributed by atoms with Crippen molar-refractivity contribution in [2.45, 2.75) is 39.3 Å². The van der Waals surface area contributed by atoms with Gasteiger partial charge in [-0.15, -0.1) is 4.68 Å². The summed E-state index contributed by atoms with van der Waals surface area (Å²) in [6.45, 7) is 4.15. The van der Waals surface area contributed by atoms with Crippen molar-refractivity contribution in [1.29, 1.82) is 0 Å². The van der Waals surface area contributed by atoms with Gasteiger partial charge in [-0.3, -0.25) is 4.79 Å². The van der Waals surface area contributed by atoms with Gasteiger partial charge in [0.05, 0.1) is 7.11 Å². The zero-order valence-corrected chi connectivity index (χ0v) is 18.8. The van der Waals surface area contributed by atoms with Crippen molar-refractivity contribution in [3.63, 3.8) is 0 Å². The summed E-state index contributed by atoms with van der Waals surface area (Å²) >= 11 is 3.39. The molecule has 3 aromatic rings. The maximum Gasteiger partial charge on any atom is 0.355 e. The van der Waals surface area contributed by atoms with E-state index in [4.69, 9.17) is 15.2 Å². The number of hydrogen-bond acceptors (Lipinski definition) is 6. The predicted molar refractivity (Wildman–Crippen MR) is 108 cm³/mol. The molecule has 0 fully saturated rings. The number of halogens is 2. The third kappa shape index (κ3) is 5.16. The smallest absolute Gasteiger partial charge is 0.355 e. The van der Waals surface area contributed by atoms with Crippen LogP contribution >= 0.6 is 15.9 Å². The van der Waals surface area contributed by atoms with Gasteiger partial charge in [-0.25, -0.2) is 0 Å². The van der Waals surface area contributed by atoms with Crippen molar-refractivity contribution in [3.8, 4) is 11.6 Å². The van der Waals surface area contributed by atoms with E-state index in [1.165, 1.54) is 9.20 Å². The molecule has 2 aromatic heterocycles. The molecule has 0 amide bonds. The van der Waals surface area contributed by atoms with Crippen LogP contribution in [0.2, 0.25) is 0 Å². The lowest BCUT2D eigenvalue weighted by Gasteiger charge is -2.13. The molecule has 0 spiro atoms. The van der Waals surface area contributed by atoms with Gasteiger partial charge in [0, 0.05) is 22.2 Å². The highest BCUT2D eigenvalue weighted by atomic mass is 79.9. The third-order valence-corrected chi connectivity index (χ3v) is 4.87. The van der Waals surface area contributed by atoms with Crippen LogP contribution in [0.3, 0.4) is 0 Å². The number of Topliss-reactive ketones (excluding diaryl/α,β-unsaturated/α-hetero) is 1. The van der Waals surface area contributed by atoms with Gasteiger partial charge in [-0.2, -0.15) is 0 Å². The van der Waals surface area contributed by atoms with Crippen LogP contribution in [0.25, 0.3) is 5.65 Å². The summed E-state index contributed by atoms with van der Waals surface area (Å²) in [6.07, 6.45) is 1.87. The van der Waals surface area contributed by atoms with E-state index in [-0.39, 0.29) is 36.8 Å². The second kappa shape index (κ2) is 9.89. The minimum atomic E-state index is -0.123. The van der Waals surface area contributed by atoms with Gasteiger partial charge in [-0.05, 0) is 41.2 Å². The van der Waals surface area contributed by atoms with Crippen LogP contribution in [0.15, 0.2) is 34.8 Å². The number of carbonyl (C=O) groups excluding carboxylic acids is 1. The number of nitrogens with two attached hydrogens (primary N) is 1. The molecule has 0 aliphatic rings. The fraction of sp³-hybridized carbons (Fsp3) is 0.368. The Hall–Kier alpha value is -2.39. The third-order valence-electron chi connectivity index (χ3n) is 4.42. The second-order valence-corrected chi connectivity index (χ2v) is 7.23. The first-order chi connectivity index (χ1) is 13.4. The van der Waals surface area contributed by atoms with E-state index in [2.05, 4.69) is 40.0 Å². The molecule has 2 N–H and O–H groups in total. The number of carbonyl (C=O) groups is 1. The molecule has 10 heteroatoms. The number of fused-ring (bicyclic) bond motifs is 1. The quantitative estimate of drug-likeness (QED) is 0.352. The molecule has 8 nitrogen and oxygen atoms in total. The maximum absolute atomic E-state index is 12.7. The van der Waals surface area contributed by atoms with Crippen molar-refractivity contribution < 1.29 is 31.4 Å². The number of ether oxygens (including phenoxy) is 2. The molecule has 0 saturated heterocycles. The van der Waals surface area contributed by atoms with Gasteiger partial charge in [0.2, 0.25) is 5.78 Å². The first-order valence-corrected chi connectivity index (χ1v) is 9.84. The Bertz CT molecular complexity index is 1010. The number of rotatable bonds is 8. The minimum Gasteiger partial charge on any atom is -1.00 e. The molecule has 0 saturated carbocycles. The van der Waals surface area contributed by atoms with Gasteiger partial charge in [0.25, 0.3) is 5.88 Å². The lowest BCUT2D eigenvalue weighted by atomic mass is 10.1. The summed E-state index contributed by atoms with van der Waals surface area (Å²) in [5.41, 5.74) is 7.12. The van der Waals surface area contributed by atoms with Gasteiger partial charge in [0.1, 0.15) is 11.9 Å². The van der Waals surface area contributed by atoms with Crippen molar-refractivity contribution in [2.75, 3.05) is 12.8 Å². The number of ketones is 1. The highest BCUT2D eigenvalue weighted by Crippen LogP contribution is 2.21. The largest absolute Gasteiger partial charge is 1.00 e. The SMILES string of the molecule is CCC(CC)Oc1ccc2n(n1)c(N)n[n+]2CC(=O)c1cc(Br)cc(OC)c1.[Cl-]. The number of nitrogens with zero attached hydrogens (tertiary/aromatic N) is 4. The van der Waals surface area contributed by atoms with Gasteiger partial charge in [-0.1, -0.05) is 34.3 Å². The van der Waals surface area contributed by atoms with Crippen LogP contribution in [-0.2, 0) is 6.54 Å². The highest BCUT2D eigenvalue weighted by Gasteiger charge is 2.23. The van der Waals surface area contributed by atoms with Crippen LogP contribution in [-0.4, -0.2) is 33.7 Å². The zero-order valence-electron chi connectivity index (χ0n) is 16.4. The van der Waals surface area contributed by atoms with Crippen LogP contribution in [0.1, 0.15) is 37.0 Å². The summed E-state index contributed by atoms with van der Waals surface area (Å²) in [6, 6.07) is 8.78. The normalized spacial score (nSPS) is 10.8. The van der Waals surface area contributed by atoms with E-state index in [0.29, 0.717) is 22.8 Å². The summed E-state index contributed by atoms with van der Waals surface area (Å²) in [4.78, 5) is 12.7. The predicted octanol–water partition coefficient (Wildman–Crippen LogP) is -0.176. The van der Waals surface area contributed by atoms with E-state index in [1.54, 1.807) is 37.4 Å². The average molecular weight is 485 g/mol. The Balaban J connectivity index is 0.00000300. The first-order valence-electron chi connectivity index (χ1n) is 9.05. The number of methoxy groups -OCH3 is 1. The number of nitrogen functional groups attached to an aromatic ring is 1. The minimum absolute atomic E-state index is 0. The van der Waals surface area contributed by atoms with Crippen molar-refractivity contribution in [2.24, 2.45) is 0 Å². The highest BCUT2D eigenvalue weighted by molar-refractivity contribution is 9.10. The lowest BCUT2D eigenvalue weighted by Crippen LogP contribution is -3.00. The number of hydrogen-bond donors (Lipinski definition) is 1. The molecular formula is C19H23BrClN5O3.